The summed E-state index contributed by atoms with van der Waals surface area (Å²) >= 11 is 0. The highest BCUT2D eigenvalue weighted by Crippen LogP contribution is 2.27. The zero-order valence-electron chi connectivity index (χ0n) is 26.5. The lowest BCUT2D eigenvalue weighted by Gasteiger charge is -2.30. The van der Waals surface area contributed by atoms with Crippen LogP contribution in [0.1, 0.15) is 44.7 Å². The van der Waals surface area contributed by atoms with Crippen molar-refractivity contribution in [3.05, 3.63) is 83.9 Å². The van der Waals surface area contributed by atoms with Crippen molar-refractivity contribution in [3.8, 4) is 0 Å². The summed E-state index contributed by atoms with van der Waals surface area (Å²) in [4.78, 5) is 65.6. The fraction of sp³-hybridized carbons (Fsp3) is 0.457. The fourth-order valence-corrected chi connectivity index (χ4v) is 4.93. The highest BCUT2D eigenvalue weighted by atomic mass is 16.6. The van der Waals surface area contributed by atoms with Gasteiger partial charge in [-0.2, -0.15) is 0 Å². The molecule has 1 aliphatic rings. The van der Waals surface area contributed by atoms with Crippen LogP contribution in [-0.4, -0.2) is 84.2 Å². The van der Waals surface area contributed by atoms with E-state index in [1.54, 1.807) is 30.3 Å². The molecule has 1 aliphatic heterocycles. The molecule has 0 aliphatic carbocycles. The maximum atomic E-state index is 13.9. The van der Waals surface area contributed by atoms with Crippen molar-refractivity contribution in [1.29, 1.82) is 0 Å². The van der Waals surface area contributed by atoms with Crippen molar-refractivity contribution in [3.63, 3.8) is 0 Å². The monoisotopic (exact) mass is 637 g/mol. The molecule has 2 aromatic rings. The number of hydrogen-bond donors (Lipinski definition) is 1. The molecule has 0 unspecified atom stereocenters. The highest BCUT2D eigenvalue weighted by molar-refractivity contribution is 6.04. The number of esters is 1. The second-order valence-corrected chi connectivity index (χ2v) is 11.4. The number of benzene rings is 2. The lowest BCUT2D eigenvalue weighted by Crippen LogP contribution is -2.50. The first-order valence-electron chi connectivity index (χ1n) is 15.4. The third kappa shape index (κ3) is 11.3. The number of ketones is 2. The number of amides is 2. The van der Waals surface area contributed by atoms with E-state index in [0.717, 1.165) is 29.5 Å². The average molecular weight is 638 g/mol. The van der Waals surface area contributed by atoms with Crippen molar-refractivity contribution < 1.29 is 48.0 Å². The van der Waals surface area contributed by atoms with Gasteiger partial charge in [0.15, 0.2) is 17.7 Å². The van der Waals surface area contributed by atoms with Crippen LogP contribution in [0, 0.1) is 11.8 Å². The Balaban J connectivity index is 1.61. The van der Waals surface area contributed by atoms with Gasteiger partial charge in [0.1, 0.15) is 12.7 Å². The van der Waals surface area contributed by atoms with E-state index in [2.05, 4.69) is 0 Å². The molecular formula is C35H43NO10. The van der Waals surface area contributed by atoms with Gasteiger partial charge in [-0.25, -0.2) is 9.69 Å². The van der Waals surface area contributed by atoms with Crippen LogP contribution in [0.25, 0.3) is 0 Å². The van der Waals surface area contributed by atoms with E-state index in [0.29, 0.717) is 18.6 Å². The first-order chi connectivity index (χ1) is 22.1. The molecule has 248 valence electrons. The van der Waals surface area contributed by atoms with Gasteiger partial charge in [0.05, 0.1) is 31.8 Å². The fourth-order valence-electron chi connectivity index (χ4n) is 4.93. The Morgan fingerprint density at radius 3 is 2.26 bits per heavy atom. The van der Waals surface area contributed by atoms with Crippen molar-refractivity contribution in [2.45, 2.75) is 64.9 Å². The van der Waals surface area contributed by atoms with E-state index in [-0.39, 0.29) is 51.0 Å². The molecule has 0 aromatic heterocycles. The first kappa shape index (κ1) is 36.3. The Labute approximate surface area is 269 Å². The van der Waals surface area contributed by atoms with E-state index < -0.39 is 47.9 Å². The third-order valence-corrected chi connectivity index (χ3v) is 7.45. The van der Waals surface area contributed by atoms with Crippen LogP contribution >= 0.6 is 0 Å². The molecule has 2 amide bonds. The number of rotatable bonds is 19. The summed E-state index contributed by atoms with van der Waals surface area (Å²) in [6.45, 7) is 5.32. The summed E-state index contributed by atoms with van der Waals surface area (Å²) in [7, 11) is 0. The van der Waals surface area contributed by atoms with Crippen molar-refractivity contribution in [1.82, 2.24) is 4.90 Å². The molecule has 1 N–H and O–H groups in total. The molecule has 11 heteroatoms. The highest BCUT2D eigenvalue weighted by Gasteiger charge is 2.46. The number of aliphatic hydroxyl groups excluding tert-OH is 1. The molecule has 0 bridgehead atoms. The van der Waals surface area contributed by atoms with E-state index in [1.165, 1.54) is 0 Å². The topological polar surface area (TPSA) is 146 Å². The van der Waals surface area contributed by atoms with E-state index in [9.17, 15) is 29.1 Å². The second-order valence-electron chi connectivity index (χ2n) is 11.4. The molecule has 11 nitrogen and oxygen atoms in total. The van der Waals surface area contributed by atoms with Gasteiger partial charge in [-0.3, -0.25) is 19.2 Å². The number of cyclic esters (lactones) is 1. The number of ether oxygens (including phenoxy) is 4. The predicted molar refractivity (Wildman–Crippen MR) is 167 cm³/mol. The van der Waals surface area contributed by atoms with Crippen molar-refractivity contribution in [2.24, 2.45) is 11.8 Å². The molecule has 1 fully saturated rings. The summed E-state index contributed by atoms with van der Waals surface area (Å²) < 4.78 is 21.8. The van der Waals surface area contributed by atoms with E-state index in [4.69, 9.17) is 18.9 Å². The van der Waals surface area contributed by atoms with Crippen molar-refractivity contribution in [2.75, 3.05) is 26.4 Å². The number of hydrogen-bond acceptors (Lipinski definition) is 10. The Morgan fingerprint density at radius 2 is 1.65 bits per heavy atom. The van der Waals surface area contributed by atoms with Crippen LogP contribution in [0.15, 0.2) is 72.8 Å². The SMILES string of the molecule is CC(=O)O[C@H](C(=O)C=CC(=O)CCCOC[C@@H](CO)OCc1ccccc1)[C@@H](Cc1ccccc1)C(=O)N1C(=O)OC[C@@H]1C(C)C. The third-order valence-electron chi connectivity index (χ3n) is 7.45. The van der Waals surface area contributed by atoms with E-state index in [1.807, 2.05) is 44.2 Å². The normalized spacial score (nSPS) is 16.7. The summed E-state index contributed by atoms with van der Waals surface area (Å²) in [5.41, 5.74) is 1.66. The van der Waals surface area contributed by atoms with Crippen LogP contribution in [0.4, 0.5) is 4.79 Å². The van der Waals surface area contributed by atoms with Gasteiger partial charge >= 0.3 is 12.1 Å². The second kappa shape index (κ2) is 18.7. The minimum atomic E-state index is -1.58. The number of carbonyl (C=O) groups excluding carboxylic acids is 5. The van der Waals surface area contributed by atoms with Crippen LogP contribution in [0.2, 0.25) is 0 Å². The Bertz CT molecular complexity index is 1330. The standard InChI is InChI=1S/C35H43NO10/c1-24(2)31-23-45-35(42)36(31)34(41)30(19-26-11-6-4-7-12-26)33(46-25(3)38)32(40)17-16-28(39)15-10-18-43-22-29(20-37)44-21-27-13-8-5-9-14-27/h4-9,11-14,16-17,24,29-31,33,37H,10,15,18-23H2,1-3H3/t29-,30-,31-,33+/m1/s1. The largest absolute Gasteiger partial charge is 0.453 e. The molecule has 4 atom stereocenters. The molecule has 0 radical (unpaired) electrons. The molecule has 0 saturated carbocycles. The molecule has 3 rings (SSSR count). The molecule has 1 saturated heterocycles. The van der Waals surface area contributed by atoms with Gasteiger partial charge < -0.3 is 24.1 Å². The van der Waals surface area contributed by atoms with Crippen LogP contribution in [0.3, 0.4) is 0 Å². The number of carbonyl (C=O) groups is 5. The summed E-state index contributed by atoms with van der Waals surface area (Å²) in [6, 6.07) is 17.8. The van der Waals surface area contributed by atoms with Gasteiger partial charge in [-0.1, -0.05) is 74.5 Å². The lowest BCUT2D eigenvalue weighted by atomic mass is 9.89. The smallest absolute Gasteiger partial charge is 0.416 e. The van der Waals surface area contributed by atoms with Gasteiger partial charge in [0.25, 0.3) is 0 Å². The zero-order valence-corrected chi connectivity index (χ0v) is 26.5. The maximum absolute atomic E-state index is 13.9. The minimum Gasteiger partial charge on any atom is -0.453 e. The lowest BCUT2D eigenvalue weighted by molar-refractivity contribution is -0.159. The minimum absolute atomic E-state index is 0.000970. The van der Waals surface area contributed by atoms with Crippen LogP contribution in [0.5, 0.6) is 0 Å². The number of imide groups is 1. The maximum Gasteiger partial charge on any atom is 0.416 e. The molecule has 0 spiro atoms. The van der Waals surface area contributed by atoms with Crippen LogP contribution < -0.4 is 0 Å². The van der Waals surface area contributed by atoms with Gasteiger partial charge in [0.2, 0.25) is 5.91 Å². The van der Waals surface area contributed by atoms with Gasteiger partial charge in [0, 0.05) is 20.0 Å². The number of nitrogens with zero attached hydrogens (tertiary/aromatic N) is 1. The van der Waals surface area contributed by atoms with Gasteiger partial charge in [-0.05, 0) is 42.0 Å². The number of allylic oxidation sites excluding steroid dienone is 1. The Morgan fingerprint density at radius 1 is 1.00 bits per heavy atom. The molecule has 46 heavy (non-hydrogen) atoms. The van der Waals surface area contributed by atoms with Crippen LogP contribution in [-0.2, 0) is 51.2 Å². The summed E-state index contributed by atoms with van der Waals surface area (Å²) in [5, 5.41) is 9.56. The average Bonchev–Trinajstić information content (AvgIpc) is 3.44. The zero-order chi connectivity index (χ0) is 33.5. The van der Waals surface area contributed by atoms with E-state index >= 15 is 0 Å². The van der Waals surface area contributed by atoms with Gasteiger partial charge in [-0.15, -0.1) is 0 Å². The summed E-state index contributed by atoms with van der Waals surface area (Å²) in [5.74, 6) is -3.98. The van der Waals surface area contributed by atoms with Crippen molar-refractivity contribution >= 4 is 29.5 Å². The Kier molecular flexibility index (Phi) is 14.7. The number of aliphatic hydroxyl groups is 1. The first-order valence-corrected chi connectivity index (χ1v) is 15.4. The molecule has 2 aromatic carbocycles. The molecular weight excluding hydrogens is 594 g/mol. The Hall–Kier alpha value is -4.19. The quantitative estimate of drug-likeness (QED) is 0.137. The summed E-state index contributed by atoms with van der Waals surface area (Å²) in [6.07, 6.45) is -0.407. The molecule has 1 heterocycles. The predicted octanol–water partition coefficient (Wildman–Crippen LogP) is 3.85.